The first-order valence-electron chi connectivity index (χ1n) is 10.5. The summed E-state index contributed by atoms with van der Waals surface area (Å²) in [7, 11) is -1.21. The van der Waals surface area contributed by atoms with E-state index >= 15 is 0 Å². The molecule has 0 aliphatic heterocycles. The van der Waals surface area contributed by atoms with Gasteiger partial charge in [0.2, 0.25) is 10.0 Å². The molecule has 9 heteroatoms. The Morgan fingerprint density at radius 1 is 0.971 bits per heavy atom. The topological polar surface area (TPSA) is 102 Å². The van der Waals surface area contributed by atoms with Crippen LogP contribution in [0.2, 0.25) is 0 Å². The molecular formula is C25H26N2O6S. The number of rotatable bonds is 9. The van der Waals surface area contributed by atoms with Crippen LogP contribution in [-0.4, -0.2) is 44.9 Å². The number of carbonyl (C=O) groups excluding carboxylic acids is 2. The van der Waals surface area contributed by atoms with E-state index < -0.39 is 28.0 Å². The van der Waals surface area contributed by atoms with Gasteiger partial charge < -0.3 is 14.8 Å². The van der Waals surface area contributed by atoms with E-state index in [-0.39, 0.29) is 22.8 Å². The van der Waals surface area contributed by atoms with Gasteiger partial charge >= 0.3 is 5.97 Å². The van der Waals surface area contributed by atoms with Gasteiger partial charge in [-0.05, 0) is 42.8 Å². The van der Waals surface area contributed by atoms with Crippen molar-refractivity contribution >= 4 is 27.6 Å². The number of esters is 1. The van der Waals surface area contributed by atoms with Gasteiger partial charge in [-0.25, -0.2) is 13.2 Å². The second-order valence-electron chi connectivity index (χ2n) is 7.52. The lowest BCUT2D eigenvalue weighted by molar-refractivity contribution is -0.123. The SMILES string of the molecule is COc1ccc(C(=O)O[C@H](C)C(=O)Nc2ccccc2)cc1S(=O)(=O)N(C)Cc1ccccc1. The standard InChI is InChI=1S/C25H26N2O6S/c1-18(24(28)26-21-12-8-5-9-13-21)33-25(29)20-14-15-22(32-3)23(16-20)34(30,31)27(2)17-19-10-6-4-7-11-19/h4-16,18H,17H2,1-3H3,(H,26,28)/t18-/m1/s1. The highest BCUT2D eigenvalue weighted by Crippen LogP contribution is 2.28. The van der Waals surface area contributed by atoms with E-state index in [1.807, 2.05) is 36.4 Å². The number of hydrogen-bond acceptors (Lipinski definition) is 6. The summed E-state index contributed by atoms with van der Waals surface area (Å²) in [5.74, 6) is -1.25. The Balaban J connectivity index is 1.78. The van der Waals surface area contributed by atoms with E-state index in [0.29, 0.717) is 5.69 Å². The summed E-state index contributed by atoms with van der Waals surface area (Å²) in [6, 6.07) is 21.8. The van der Waals surface area contributed by atoms with Gasteiger partial charge in [0.15, 0.2) is 6.10 Å². The van der Waals surface area contributed by atoms with E-state index in [2.05, 4.69) is 5.32 Å². The fraction of sp³-hybridized carbons (Fsp3) is 0.200. The minimum absolute atomic E-state index is 0.0214. The Kier molecular flexibility index (Phi) is 8.04. The molecule has 0 bridgehead atoms. The second-order valence-corrected chi connectivity index (χ2v) is 9.53. The first-order chi connectivity index (χ1) is 16.2. The third-order valence-electron chi connectivity index (χ3n) is 5.03. The number of para-hydroxylation sites is 1. The fourth-order valence-corrected chi connectivity index (χ4v) is 4.48. The lowest BCUT2D eigenvalue weighted by atomic mass is 10.2. The summed E-state index contributed by atoms with van der Waals surface area (Å²) in [6.07, 6.45) is -1.10. The first-order valence-corrected chi connectivity index (χ1v) is 11.9. The third kappa shape index (κ3) is 6.00. The highest BCUT2D eigenvalue weighted by Gasteiger charge is 2.27. The van der Waals surface area contributed by atoms with E-state index in [9.17, 15) is 18.0 Å². The molecule has 0 heterocycles. The lowest BCUT2D eigenvalue weighted by Gasteiger charge is -2.20. The van der Waals surface area contributed by atoms with Gasteiger partial charge in [-0.2, -0.15) is 4.31 Å². The number of hydrogen-bond donors (Lipinski definition) is 1. The molecular weight excluding hydrogens is 456 g/mol. The van der Waals surface area contributed by atoms with Crippen molar-refractivity contribution in [3.63, 3.8) is 0 Å². The molecule has 0 aliphatic carbocycles. The predicted octanol–water partition coefficient (Wildman–Crippen LogP) is 3.70. The van der Waals surface area contributed by atoms with Gasteiger partial charge in [0, 0.05) is 19.3 Å². The van der Waals surface area contributed by atoms with E-state index in [1.54, 1.807) is 24.3 Å². The average Bonchev–Trinajstić information content (AvgIpc) is 2.84. The number of benzene rings is 3. The van der Waals surface area contributed by atoms with Gasteiger partial charge in [-0.15, -0.1) is 0 Å². The zero-order valence-corrected chi connectivity index (χ0v) is 19.9. The maximum Gasteiger partial charge on any atom is 0.338 e. The van der Waals surface area contributed by atoms with Crippen molar-refractivity contribution in [3.05, 3.63) is 90.0 Å². The Morgan fingerprint density at radius 2 is 1.59 bits per heavy atom. The number of nitrogens with zero attached hydrogens (tertiary/aromatic N) is 1. The highest BCUT2D eigenvalue weighted by molar-refractivity contribution is 7.89. The molecule has 3 aromatic rings. The molecule has 0 saturated carbocycles. The van der Waals surface area contributed by atoms with Crippen molar-refractivity contribution in [2.24, 2.45) is 0 Å². The normalized spacial score (nSPS) is 12.1. The van der Waals surface area contributed by atoms with Crippen molar-refractivity contribution < 1.29 is 27.5 Å². The van der Waals surface area contributed by atoms with Gasteiger partial charge in [0.1, 0.15) is 10.6 Å². The quantitative estimate of drug-likeness (QED) is 0.467. The van der Waals surface area contributed by atoms with Crippen molar-refractivity contribution in [1.29, 1.82) is 0 Å². The minimum Gasteiger partial charge on any atom is -0.495 e. The Hall–Kier alpha value is -3.69. The molecule has 0 aliphatic rings. The summed E-state index contributed by atoms with van der Waals surface area (Å²) < 4.78 is 38.2. The summed E-state index contributed by atoms with van der Waals surface area (Å²) in [4.78, 5) is 24.9. The smallest absolute Gasteiger partial charge is 0.338 e. The number of methoxy groups -OCH3 is 1. The summed E-state index contributed by atoms with van der Waals surface area (Å²) in [6.45, 7) is 1.57. The van der Waals surface area contributed by atoms with Gasteiger partial charge in [-0.1, -0.05) is 48.5 Å². The molecule has 3 rings (SSSR count). The maximum atomic E-state index is 13.3. The number of nitrogens with one attached hydrogen (secondary N) is 1. The Morgan fingerprint density at radius 3 is 2.21 bits per heavy atom. The molecule has 1 atom stereocenters. The zero-order valence-electron chi connectivity index (χ0n) is 19.1. The van der Waals surface area contributed by atoms with Crippen LogP contribution in [-0.2, 0) is 26.1 Å². The van der Waals surface area contributed by atoms with Crippen LogP contribution in [0.15, 0.2) is 83.8 Å². The monoisotopic (exact) mass is 482 g/mol. The molecule has 1 N–H and O–H groups in total. The van der Waals surface area contributed by atoms with Crippen LogP contribution >= 0.6 is 0 Å². The van der Waals surface area contributed by atoms with Crippen LogP contribution in [0.4, 0.5) is 5.69 Å². The average molecular weight is 483 g/mol. The summed E-state index contributed by atoms with van der Waals surface area (Å²) in [5, 5.41) is 2.65. The number of sulfonamides is 1. The van der Waals surface area contributed by atoms with Crippen LogP contribution in [0.3, 0.4) is 0 Å². The number of amides is 1. The molecule has 8 nitrogen and oxygen atoms in total. The molecule has 178 valence electrons. The second kappa shape index (κ2) is 11.0. The van der Waals surface area contributed by atoms with Crippen LogP contribution in [0.25, 0.3) is 0 Å². The van der Waals surface area contributed by atoms with Gasteiger partial charge in [0.25, 0.3) is 5.91 Å². The first kappa shape index (κ1) is 24.9. The lowest BCUT2D eigenvalue weighted by Crippen LogP contribution is -2.30. The molecule has 0 radical (unpaired) electrons. The molecule has 0 spiro atoms. The van der Waals surface area contributed by atoms with Crippen LogP contribution in [0, 0.1) is 0 Å². The molecule has 0 fully saturated rings. The van der Waals surface area contributed by atoms with Crippen molar-refractivity contribution in [2.75, 3.05) is 19.5 Å². The molecule has 0 saturated heterocycles. The zero-order chi connectivity index (χ0) is 24.7. The van der Waals surface area contributed by atoms with E-state index in [1.165, 1.54) is 43.6 Å². The number of carbonyl (C=O) groups is 2. The van der Waals surface area contributed by atoms with E-state index in [4.69, 9.17) is 9.47 Å². The minimum atomic E-state index is -4.00. The number of ether oxygens (including phenoxy) is 2. The van der Waals surface area contributed by atoms with Crippen molar-refractivity contribution in [1.82, 2.24) is 4.31 Å². The van der Waals surface area contributed by atoms with Gasteiger partial charge in [0.05, 0.1) is 12.7 Å². The van der Waals surface area contributed by atoms with Crippen LogP contribution < -0.4 is 10.1 Å². The highest BCUT2D eigenvalue weighted by atomic mass is 32.2. The summed E-state index contributed by atoms with van der Waals surface area (Å²) in [5.41, 5.74) is 1.35. The number of anilines is 1. The molecule has 3 aromatic carbocycles. The molecule has 1 amide bonds. The maximum absolute atomic E-state index is 13.3. The van der Waals surface area contributed by atoms with Crippen molar-refractivity contribution in [3.8, 4) is 5.75 Å². The van der Waals surface area contributed by atoms with Crippen LogP contribution in [0.1, 0.15) is 22.8 Å². The van der Waals surface area contributed by atoms with Gasteiger partial charge in [-0.3, -0.25) is 4.79 Å². The van der Waals surface area contributed by atoms with Crippen molar-refractivity contribution in [2.45, 2.75) is 24.5 Å². The largest absolute Gasteiger partial charge is 0.495 e. The Bertz CT molecular complexity index is 1250. The van der Waals surface area contributed by atoms with E-state index in [0.717, 1.165) is 5.56 Å². The molecule has 34 heavy (non-hydrogen) atoms. The fourth-order valence-electron chi connectivity index (χ4n) is 3.15. The van der Waals surface area contributed by atoms with Crippen LogP contribution in [0.5, 0.6) is 5.75 Å². The Labute approximate surface area is 199 Å². The molecule has 0 aromatic heterocycles. The molecule has 0 unspecified atom stereocenters. The predicted molar refractivity (Wildman–Crippen MR) is 128 cm³/mol. The third-order valence-corrected chi connectivity index (χ3v) is 6.85. The summed E-state index contributed by atoms with van der Waals surface area (Å²) >= 11 is 0.